The van der Waals surface area contributed by atoms with E-state index < -0.39 is 0 Å². The van der Waals surface area contributed by atoms with Crippen molar-refractivity contribution in [3.8, 4) is 5.75 Å². The highest BCUT2D eigenvalue weighted by atomic mass is 16.5. The van der Waals surface area contributed by atoms with Gasteiger partial charge in [0.25, 0.3) is 0 Å². The summed E-state index contributed by atoms with van der Waals surface area (Å²) in [5.41, 5.74) is 4.65. The molecule has 0 aliphatic heterocycles. The zero-order valence-electron chi connectivity index (χ0n) is 14.3. The number of carbonyl (C=O) groups is 1. The topological polar surface area (TPSA) is 70.2 Å². The highest BCUT2D eigenvalue weighted by molar-refractivity contribution is 5.78. The van der Waals surface area contributed by atoms with Gasteiger partial charge in [-0.25, -0.2) is 0 Å². The highest BCUT2D eigenvalue weighted by Crippen LogP contribution is 2.23. The number of aryl methyl sites for hydroxylation is 1. The third-order valence-corrected chi connectivity index (χ3v) is 4.39. The number of H-pyrrole nitrogens is 1. The highest BCUT2D eigenvalue weighted by Gasteiger charge is 2.19. The molecular weight excluding hydrogens is 304 g/mol. The second-order valence-corrected chi connectivity index (χ2v) is 6.24. The Morgan fingerprint density at radius 2 is 2.21 bits per heavy atom. The molecule has 0 bridgehead atoms. The average Bonchev–Trinajstić information content (AvgIpc) is 3.18. The summed E-state index contributed by atoms with van der Waals surface area (Å²) in [4.78, 5) is 14.2. The third kappa shape index (κ3) is 3.76. The Morgan fingerprint density at radius 1 is 1.38 bits per heavy atom. The third-order valence-electron chi connectivity index (χ3n) is 4.39. The molecular formula is C18H24N4O2. The molecule has 1 aromatic heterocycles. The van der Waals surface area contributed by atoms with Crippen LogP contribution in [0.2, 0.25) is 0 Å². The maximum Gasteiger partial charge on any atom is 0.234 e. The first-order valence-corrected chi connectivity index (χ1v) is 8.29. The number of nitrogens with zero attached hydrogens (tertiary/aromatic N) is 2. The van der Waals surface area contributed by atoms with E-state index in [2.05, 4.69) is 15.5 Å². The molecule has 0 saturated heterocycles. The van der Waals surface area contributed by atoms with Crippen molar-refractivity contribution in [3.05, 3.63) is 46.8 Å². The van der Waals surface area contributed by atoms with Crippen molar-refractivity contribution in [2.75, 3.05) is 20.7 Å². The minimum Gasteiger partial charge on any atom is -0.496 e. The zero-order chi connectivity index (χ0) is 16.9. The van der Waals surface area contributed by atoms with Crippen LogP contribution in [0.4, 0.5) is 0 Å². The lowest BCUT2D eigenvalue weighted by atomic mass is 10.2. The Bertz CT molecular complexity index is 711. The van der Waals surface area contributed by atoms with Crippen LogP contribution in [0.1, 0.15) is 28.9 Å². The van der Waals surface area contributed by atoms with Gasteiger partial charge >= 0.3 is 0 Å². The summed E-state index contributed by atoms with van der Waals surface area (Å²) in [6, 6.07) is 7.70. The minimum atomic E-state index is -0.00409. The normalized spacial score (nSPS) is 13.1. The van der Waals surface area contributed by atoms with Crippen molar-refractivity contribution < 1.29 is 9.53 Å². The van der Waals surface area contributed by atoms with E-state index in [1.54, 1.807) is 7.11 Å². The summed E-state index contributed by atoms with van der Waals surface area (Å²) in [5.74, 6) is 0.786. The Kier molecular flexibility index (Phi) is 5.15. The van der Waals surface area contributed by atoms with Crippen LogP contribution in [-0.4, -0.2) is 41.7 Å². The van der Waals surface area contributed by atoms with E-state index in [9.17, 15) is 4.79 Å². The van der Waals surface area contributed by atoms with Gasteiger partial charge in [0.2, 0.25) is 5.91 Å². The van der Waals surface area contributed by atoms with Crippen LogP contribution in [0, 0.1) is 0 Å². The molecule has 0 spiro atoms. The number of aromatic nitrogens is 2. The fourth-order valence-corrected chi connectivity index (χ4v) is 3.17. The summed E-state index contributed by atoms with van der Waals surface area (Å²) < 4.78 is 5.30. The van der Waals surface area contributed by atoms with E-state index in [1.807, 2.05) is 36.2 Å². The quantitative estimate of drug-likeness (QED) is 0.811. The number of ether oxygens (including phenoxy) is 1. The van der Waals surface area contributed by atoms with E-state index in [0.717, 1.165) is 29.8 Å². The Balaban J connectivity index is 1.49. The van der Waals surface area contributed by atoms with Gasteiger partial charge in [-0.3, -0.25) is 14.8 Å². The summed E-state index contributed by atoms with van der Waals surface area (Å²) in [6.07, 6.45) is 3.38. The smallest absolute Gasteiger partial charge is 0.234 e. The van der Waals surface area contributed by atoms with Crippen LogP contribution >= 0.6 is 0 Å². The van der Waals surface area contributed by atoms with E-state index in [-0.39, 0.29) is 5.91 Å². The SMILES string of the molecule is COc1ccccc1CNC(=O)CN(C)Cc1n[nH]c2c1CCC2. The lowest BCUT2D eigenvalue weighted by Gasteiger charge is -2.16. The summed E-state index contributed by atoms with van der Waals surface area (Å²) in [7, 11) is 3.58. The van der Waals surface area contributed by atoms with Gasteiger partial charge < -0.3 is 10.1 Å². The molecule has 2 N–H and O–H groups in total. The van der Waals surface area contributed by atoms with Gasteiger partial charge in [-0.15, -0.1) is 0 Å². The molecule has 128 valence electrons. The standard InChI is InChI=1S/C18H24N4O2/c1-22(11-16-14-7-5-8-15(14)20-21-16)12-18(23)19-10-13-6-3-4-9-17(13)24-2/h3-4,6,9H,5,7-8,10-12H2,1-2H3,(H,19,23)(H,20,21). The molecule has 0 saturated carbocycles. The first-order chi connectivity index (χ1) is 11.7. The van der Waals surface area contributed by atoms with Gasteiger partial charge in [-0.1, -0.05) is 18.2 Å². The van der Waals surface area contributed by atoms with E-state index in [1.165, 1.54) is 17.7 Å². The number of methoxy groups -OCH3 is 1. The van der Waals surface area contributed by atoms with Crippen LogP contribution in [0.25, 0.3) is 0 Å². The van der Waals surface area contributed by atoms with Crippen LogP contribution in [0.3, 0.4) is 0 Å². The maximum absolute atomic E-state index is 12.2. The first kappa shape index (κ1) is 16.5. The van der Waals surface area contributed by atoms with E-state index >= 15 is 0 Å². The van der Waals surface area contributed by atoms with Crippen molar-refractivity contribution in [1.29, 1.82) is 0 Å². The van der Waals surface area contributed by atoms with Crippen molar-refractivity contribution >= 4 is 5.91 Å². The average molecular weight is 328 g/mol. The fourth-order valence-electron chi connectivity index (χ4n) is 3.17. The van der Waals surface area contributed by atoms with Gasteiger partial charge in [0.05, 0.1) is 19.3 Å². The van der Waals surface area contributed by atoms with Crippen molar-refractivity contribution in [2.24, 2.45) is 0 Å². The maximum atomic E-state index is 12.2. The zero-order valence-corrected chi connectivity index (χ0v) is 14.3. The Morgan fingerprint density at radius 3 is 3.04 bits per heavy atom. The molecule has 6 nitrogen and oxygen atoms in total. The number of fused-ring (bicyclic) bond motifs is 1. The summed E-state index contributed by atoms with van der Waals surface area (Å²) in [6.45, 7) is 1.50. The molecule has 2 aromatic rings. The van der Waals surface area contributed by atoms with Gasteiger partial charge in [0, 0.05) is 24.3 Å². The van der Waals surface area contributed by atoms with Crippen LogP contribution in [0.15, 0.2) is 24.3 Å². The van der Waals surface area contributed by atoms with E-state index in [0.29, 0.717) is 19.6 Å². The molecule has 1 aliphatic rings. The molecule has 3 rings (SSSR count). The number of amides is 1. The number of hydrogen-bond donors (Lipinski definition) is 2. The summed E-state index contributed by atoms with van der Waals surface area (Å²) >= 11 is 0. The number of nitrogens with one attached hydrogen (secondary N) is 2. The molecule has 1 aromatic carbocycles. The number of rotatable bonds is 7. The first-order valence-electron chi connectivity index (χ1n) is 8.29. The molecule has 24 heavy (non-hydrogen) atoms. The molecule has 1 aliphatic carbocycles. The van der Waals surface area contributed by atoms with Gasteiger partial charge in [0.1, 0.15) is 5.75 Å². The van der Waals surface area contributed by atoms with Gasteiger partial charge in [-0.2, -0.15) is 5.10 Å². The number of benzene rings is 1. The van der Waals surface area contributed by atoms with Crippen LogP contribution < -0.4 is 10.1 Å². The molecule has 0 atom stereocenters. The van der Waals surface area contributed by atoms with E-state index in [4.69, 9.17) is 4.74 Å². The number of hydrogen-bond acceptors (Lipinski definition) is 4. The molecule has 6 heteroatoms. The molecule has 1 heterocycles. The minimum absolute atomic E-state index is 0.00409. The molecule has 0 unspecified atom stereocenters. The number of likely N-dealkylation sites (N-methyl/N-ethyl adjacent to an activating group) is 1. The van der Waals surface area contributed by atoms with Gasteiger partial charge in [0.15, 0.2) is 0 Å². The Hall–Kier alpha value is -2.34. The molecule has 1 amide bonds. The molecule has 0 radical (unpaired) electrons. The lowest BCUT2D eigenvalue weighted by Crippen LogP contribution is -2.34. The monoisotopic (exact) mass is 328 g/mol. The van der Waals surface area contributed by atoms with Crippen molar-refractivity contribution in [3.63, 3.8) is 0 Å². The number of carbonyl (C=O) groups excluding carboxylic acids is 1. The number of para-hydroxylation sites is 1. The second-order valence-electron chi connectivity index (χ2n) is 6.24. The lowest BCUT2D eigenvalue weighted by molar-refractivity contribution is -0.122. The van der Waals surface area contributed by atoms with Crippen molar-refractivity contribution in [1.82, 2.24) is 20.4 Å². The van der Waals surface area contributed by atoms with Crippen molar-refractivity contribution in [2.45, 2.75) is 32.4 Å². The van der Waals surface area contributed by atoms with Crippen LogP contribution in [-0.2, 0) is 30.7 Å². The largest absolute Gasteiger partial charge is 0.496 e. The Labute approximate surface area is 142 Å². The second kappa shape index (κ2) is 7.49. The number of aromatic amines is 1. The molecule has 0 fully saturated rings. The predicted molar refractivity (Wildman–Crippen MR) is 91.8 cm³/mol. The summed E-state index contributed by atoms with van der Waals surface area (Å²) in [5, 5.41) is 10.4. The fraction of sp³-hybridized carbons (Fsp3) is 0.444. The van der Waals surface area contributed by atoms with Gasteiger partial charge in [-0.05, 0) is 37.9 Å². The van der Waals surface area contributed by atoms with Crippen LogP contribution in [0.5, 0.6) is 5.75 Å². The predicted octanol–water partition coefficient (Wildman–Crippen LogP) is 1.66.